The summed E-state index contributed by atoms with van der Waals surface area (Å²) in [7, 11) is 0. The SMILES string of the molecule is CC(=O)C(c1nc(Cc2ccccc2Br)no1)C(C)C. The number of carbonyl (C=O) groups is 1. The average molecular weight is 337 g/mol. The van der Waals surface area contributed by atoms with Gasteiger partial charge in [0.15, 0.2) is 5.82 Å². The molecule has 0 spiro atoms. The molecule has 0 aliphatic rings. The fraction of sp³-hybridized carbons (Fsp3) is 0.400. The van der Waals surface area contributed by atoms with Crippen molar-refractivity contribution in [1.82, 2.24) is 10.1 Å². The van der Waals surface area contributed by atoms with Gasteiger partial charge in [0.2, 0.25) is 5.89 Å². The van der Waals surface area contributed by atoms with Crippen molar-refractivity contribution >= 4 is 21.7 Å². The number of rotatable bonds is 5. The van der Waals surface area contributed by atoms with Crippen LogP contribution in [0.1, 0.15) is 44.0 Å². The number of halogens is 1. The number of nitrogens with zero attached hydrogens (tertiary/aromatic N) is 2. The van der Waals surface area contributed by atoms with Crippen LogP contribution >= 0.6 is 15.9 Å². The summed E-state index contributed by atoms with van der Waals surface area (Å²) in [5.74, 6) is 0.879. The molecule has 106 valence electrons. The highest BCUT2D eigenvalue weighted by Crippen LogP contribution is 2.25. The highest BCUT2D eigenvalue weighted by Gasteiger charge is 2.26. The third-order valence-electron chi connectivity index (χ3n) is 3.16. The van der Waals surface area contributed by atoms with Gasteiger partial charge >= 0.3 is 0 Å². The fourth-order valence-corrected chi connectivity index (χ4v) is 2.63. The standard InChI is InChI=1S/C15H17BrN2O2/c1-9(2)14(10(3)19)15-17-13(18-20-15)8-11-6-4-5-7-12(11)16/h4-7,9,14H,8H2,1-3H3. The van der Waals surface area contributed by atoms with Crippen molar-refractivity contribution in [2.24, 2.45) is 5.92 Å². The molecular weight excluding hydrogens is 320 g/mol. The molecule has 0 fully saturated rings. The first-order chi connectivity index (χ1) is 9.49. The van der Waals surface area contributed by atoms with Gasteiger partial charge in [-0.05, 0) is 24.5 Å². The summed E-state index contributed by atoms with van der Waals surface area (Å²) in [4.78, 5) is 16.0. The Balaban J connectivity index is 2.21. The van der Waals surface area contributed by atoms with E-state index in [-0.39, 0.29) is 17.6 Å². The predicted octanol–water partition coefficient (Wildman–Crippen LogP) is 3.75. The van der Waals surface area contributed by atoms with Crippen molar-refractivity contribution in [2.45, 2.75) is 33.1 Å². The zero-order chi connectivity index (χ0) is 14.7. The zero-order valence-corrected chi connectivity index (χ0v) is 13.3. The van der Waals surface area contributed by atoms with Gasteiger partial charge < -0.3 is 4.52 Å². The summed E-state index contributed by atoms with van der Waals surface area (Å²) in [6, 6.07) is 7.90. The Hall–Kier alpha value is -1.49. The van der Waals surface area contributed by atoms with Crippen LogP contribution in [0.2, 0.25) is 0 Å². The molecule has 0 radical (unpaired) electrons. The monoisotopic (exact) mass is 336 g/mol. The van der Waals surface area contributed by atoms with E-state index in [1.165, 1.54) is 0 Å². The minimum atomic E-state index is -0.324. The van der Waals surface area contributed by atoms with Gasteiger partial charge in [0.1, 0.15) is 5.78 Å². The van der Waals surface area contributed by atoms with E-state index in [2.05, 4.69) is 26.1 Å². The van der Waals surface area contributed by atoms with E-state index in [4.69, 9.17) is 4.52 Å². The van der Waals surface area contributed by atoms with Crippen molar-refractivity contribution in [2.75, 3.05) is 0 Å². The van der Waals surface area contributed by atoms with Gasteiger partial charge in [-0.15, -0.1) is 0 Å². The van der Waals surface area contributed by atoms with Gasteiger partial charge in [-0.2, -0.15) is 4.98 Å². The van der Waals surface area contributed by atoms with Gasteiger partial charge in [0.25, 0.3) is 0 Å². The van der Waals surface area contributed by atoms with Crippen LogP contribution < -0.4 is 0 Å². The van der Waals surface area contributed by atoms with Crippen molar-refractivity contribution in [3.8, 4) is 0 Å². The lowest BCUT2D eigenvalue weighted by Gasteiger charge is -2.12. The quantitative estimate of drug-likeness (QED) is 0.834. The molecule has 1 aromatic heterocycles. The molecule has 20 heavy (non-hydrogen) atoms. The fourth-order valence-electron chi connectivity index (χ4n) is 2.21. The summed E-state index contributed by atoms with van der Waals surface area (Å²) in [6.07, 6.45) is 0.577. The van der Waals surface area contributed by atoms with Crippen LogP contribution in [0.3, 0.4) is 0 Å². The molecule has 1 unspecified atom stereocenters. The largest absolute Gasteiger partial charge is 0.339 e. The minimum Gasteiger partial charge on any atom is -0.339 e. The van der Waals surface area contributed by atoms with Crippen LogP contribution in [0.15, 0.2) is 33.3 Å². The molecule has 1 atom stereocenters. The van der Waals surface area contributed by atoms with Crippen molar-refractivity contribution in [3.63, 3.8) is 0 Å². The Morgan fingerprint density at radius 3 is 2.65 bits per heavy atom. The first-order valence-corrected chi connectivity index (χ1v) is 7.34. The topological polar surface area (TPSA) is 56.0 Å². The molecule has 0 saturated carbocycles. The molecule has 0 N–H and O–H groups in total. The highest BCUT2D eigenvalue weighted by molar-refractivity contribution is 9.10. The molecule has 0 amide bonds. The lowest BCUT2D eigenvalue weighted by molar-refractivity contribution is -0.119. The molecule has 4 nitrogen and oxygen atoms in total. The number of Topliss-reactive ketones (excluding diaryl/α,β-unsaturated/α-hetero) is 1. The normalized spacial score (nSPS) is 12.7. The van der Waals surface area contributed by atoms with Gasteiger partial charge in [-0.1, -0.05) is 53.1 Å². The van der Waals surface area contributed by atoms with E-state index in [1.807, 2.05) is 38.1 Å². The van der Waals surface area contributed by atoms with Crippen LogP contribution in [0.5, 0.6) is 0 Å². The Morgan fingerprint density at radius 2 is 2.05 bits per heavy atom. The van der Waals surface area contributed by atoms with Crippen molar-refractivity contribution < 1.29 is 9.32 Å². The summed E-state index contributed by atoms with van der Waals surface area (Å²) in [5.41, 5.74) is 1.09. The molecular formula is C15H17BrN2O2. The van der Waals surface area contributed by atoms with Gasteiger partial charge in [-0.25, -0.2) is 0 Å². The minimum absolute atomic E-state index is 0.0519. The Kier molecular flexibility index (Phi) is 4.70. The van der Waals surface area contributed by atoms with E-state index in [1.54, 1.807) is 6.92 Å². The number of aromatic nitrogens is 2. The number of hydrogen-bond donors (Lipinski definition) is 0. The Morgan fingerprint density at radius 1 is 1.35 bits per heavy atom. The second-order valence-corrected chi connectivity index (χ2v) is 6.00. The number of hydrogen-bond acceptors (Lipinski definition) is 4. The molecule has 0 aliphatic carbocycles. The number of benzene rings is 1. The van der Waals surface area contributed by atoms with Crippen molar-refractivity contribution in [1.29, 1.82) is 0 Å². The Bertz CT molecular complexity index is 607. The maximum Gasteiger partial charge on any atom is 0.237 e. The smallest absolute Gasteiger partial charge is 0.237 e. The van der Waals surface area contributed by atoms with Crippen LogP contribution in [0.4, 0.5) is 0 Å². The van der Waals surface area contributed by atoms with Gasteiger partial charge in [0, 0.05) is 10.9 Å². The van der Waals surface area contributed by atoms with E-state index in [0.29, 0.717) is 18.1 Å². The van der Waals surface area contributed by atoms with Crippen LogP contribution in [-0.4, -0.2) is 15.9 Å². The summed E-state index contributed by atoms with van der Waals surface area (Å²) in [5, 5.41) is 3.98. The van der Waals surface area contributed by atoms with E-state index >= 15 is 0 Å². The van der Waals surface area contributed by atoms with E-state index in [0.717, 1.165) is 10.0 Å². The molecule has 0 saturated heterocycles. The maximum absolute atomic E-state index is 11.7. The molecule has 1 heterocycles. The lowest BCUT2D eigenvalue weighted by Crippen LogP contribution is -2.15. The van der Waals surface area contributed by atoms with Crippen LogP contribution in [0, 0.1) is 5.92 Å². The van der Waals surface area contributed by atoms with Gasteiger partial charge in [-0.3, -0.25) is 4.79 Å². The second-order valence-electron chi connectivity index (χ2n) is 5.15. The average Bonchev–Trinajstić information content (AvgIpc) is 2.79. The van der Waals surface area contributed by atoms with Crippen LogP contribution in [-0.2, 0) is 11.2 Å². The molecule has 0 bridgehead atoms. The van der Waals surface area contributed by atoms with E-state index < -0.39 is 0 Å². The first-order valence-electron chi connectivity index (χ1n) is 6.55. The molecule has 2 aromatic rings. The van der Waals surface area contributed by atoms with E-state index in [9.17, 15) is 4.79 Å². The number of carbonyl (C=O) groups excluding carboxylic acids is 1. The summed E-state index contributed by atoms with van der Waals surface area (Å²) >= 11 is 3.50. The molecule has 5 heteroatoms. The predicted molar refractivity (Wildman–Crippen MR) is 79.5 cm³/mol. The molecule has 1 aromatic carbocycles. The third kappa shape index (κ3) is 3.33. The summed E-state index contributed by atoms with van der Waals surface area (Å²) < 4.78 is 6.28. The second kappa shape index (κ2) is 6.31. The zero-order valence-electron chi connectivity index (χ0n) is 11.8. The third-order valence-corrected chi connectivity index (χ3v) is 3.93. The Labute approximate surface area is 126 Å². The molecule has 0 aliphatic heterocycles. The summed E-state index contributed by atoms with van der Waals surface area (Å²) in [6.45, 7) is 5.51. The van der Waals surface area contributed by atoms with Crippen molar-refractivity contribution in [3.05, 3.63) is 46.0 Å². The number of ketones is 1. The molecule has 2 rings (SSSR count). The lowest BCUT2D eigenvalue weighted by atomic mass is 9.92. The van der Waals surface area contributed by atoms with Gasteiger partial charge in [0.05, 0.1) is 5.92 Å². The maximum atomic E-state index is 11.7. The highest BCUT2D eigenvalue weighted by atomic mass is 79.9. The first kappa shape index (κ1) is 14.9. The van der Waals surface area contributed by atoms with Crippen LogP contribution in [0.25, 0.3) is 0 Å².